The second kappa shape index (κ2) is 6.08. The van der Waals surface area contributed by atoms with Crippen molar-refractivity contribution in [2.24, 2.45) is 0 Å². The molecule has 0 aliphatic heterocycles. The fourth-order valence-corrected chi connectivity index (χ4v) is 1.27. The summed E-state index contributed by atoms with van der Waals surface area (Å²) in [4.78, 5) is 11.2. The van der Waals surface area contributed by atoms with Gasteiger partial charge in [-0.2, -0.15) is 0 Å². The first-order valence-corrected chi connectivity index (χ1v) is 5.17. The summed E-state index contributed by atoms with van der Waals surface area (Å²) in [5, 5.41) is 8.99. The molecule has 0 amide bonds. The first-order chi connectivity index (χ1) is 7.61. The van der Waals surface area contributed by atoms with Gasteiger partial charge in [0, 0.05) is 0 Å². The van der Waals surface area contributed by atoms with E-state index in [4.69, 9.17) is 9.84 Å². The first kappa shape index (κ1) is 12.5. The number of aliphatic hydroxyl groups is 1. The molecule has 0 aliphatic carbocycles. The largest absolute Gasteiger partial charge is 0.461 e. The topological polar surface area (TPSA) is 46.5 Å². The van der Waals surface area contributed by atoms with Crippen LogP contribution in [0.1, 0.15) is 24.5 Å². The second-order valence-corrected chi connectivity index (χ2v) is 3.66. The first-order valence-electron chi connectivity index (χ1n) is 5.17. The molecule has 0 fully saturated rings. The Morgan fingerprint density at radius 3 is 3.00 bits per heavy atom. The SMILES string of the molecule is C=Cc1cccc(COC(=O)CC(C)O)c1. The molecule has 1 aromatic carbocycles. The molecule has 1 rings (SSSR count). The molecule has 1 atom stereocenters. The Labute approximate surface area is 95.4 Å². The molecule has 0 heterocycles. The van der Waals surface area contributed by atoms with E-state index in [1.807, 2.05) is 24.3 Å². The quantitative estimate of drug-likeness (QED) is 0.773. The Morgan fingerprint density at radius 2 is 2.38 bits per heavy atom. The molecule has 0 aliphatic rings. The van der Waals surface area contributed by atoms with E-state index in [9.17, 15) is 4.79 Å². The van der Waals surface area contributed by atoms with Crippen molar-refractivity contribution in [3.63, 3.8) is 0 Å². The van der Waals surface area contributed by atoms with Crippen LogP contribution >= 0.6 is 0 Å². The molecule has 3 nitrogen and oxygen atoms in total. The maximum Gasteiger partial charge on any atom is 0.308 e. The van der Waals surface area contributed by atoms with E-state index < -0.39 is 6.10 Å². The van der Waals surface area contributed by atoms with Gasteiger partial charge in [-0.05, 0) is 24.1 Å². The molecule has 1 aromatic rings. The highest BCUT2D eigenvalue weighted by atomic mass is 16.5. The van der Waals surface area contributed by atoms with Crippen LogP contribution in [0.25, 0.3) is 6.08 Å². The van der Waals surface area contributed by atoms with E-state index >= 15 is 0 Å². The van der Waals surface area contributed by atoms with Crippen LogP contribution in [0.5, 0.6) is 0 Å². The van der Waals surface area contributed by atoms with Crippen LogP contribution in [0.4, 0.5) is 0 Å². The van der Waals surface area contributed by atoms with Gasteiger partial charge in [-0.25, -0.2) is 0 Å². The number of hydrogen-bond acceptors (Lipinski definition) is 3. The van der Waals surface area contributed by atoms with Crippen LogP contribution in [-0.4, -0.2) is 17.2 Å². The predicted molar refractivity (Wildman–Crippen MR) is 62.6 cm³/mol. The van der Waals surface area contributed by atoms with E-state index in [-0.39, 0.29) is 19.0 Å². The monoisotopic (exact) mass is 220 g/mol. The van der Waals surface area contributed by atoms with Gasteiger partial charge in [0.15, 0.2) is 0 Å². The molecule has 0 saturated heterocycles. The molecule has 0 bridgehead atoms. The second-order valence-electron chi connectivity index (χ2n) is 3.66. The van der Waals surface area contributed by atoms with Crippen LogP contribution in [-0.2, 0) is 16.1 Å². The van der Waals surface area contributed by atoms with Crippen LogP contribution in [0.2, 0.25) is 0 Å². The normalized spacial score (nSPS) is 11.9. The van der Waals surface area contributed by atoms with E-state index in [1.54, 1.807) is 13.0 Å². The van der Waals surface area contributed by atoms with Crippen molar-refractivity contribution in [1.29, 1.82) is 0 Å². The molecule has 1 unspecified atom stereocenters. The van der Waals surface area contributed by atoms with Crippen LogP contribution in [0.15, 0.2) is 30.8 Å². The Kier molecular flexibility index (Phi) is 4.73. The highest BCUT2D eigenvalue weighted by Crippen LogP contribution is 2.08. The minimum Gasteiger partial charge on any atom is -0.461 e. The van der Waals surface area contributed by atoms with Gasteiger partial charge in [0.2, 0.25) is 0 Å². The number of carbonyl (C=O) groups excluding carboxylic acids is 1. The average molecular weight is 220 g/mol. The van der Waals surface area contributed by atoms with E-state index in [2.05, 4.69) is 6.58 Å². The number of rotatable bonds is 5. The van der Waals surface area contributed by atoms with Crippen LogP contribution < -0.4 is 0 Å². The summed E-state index contributed by atoms with van der Waals surface area (Å²) < 4.78 is 5.01. The van der Waals surface area contributed by atoms with Crippen molar-refractivity contribution < 1.29 is 14.6 Å². The van der Waals surface area contributed by atoms with Crippen molar-refractivity contribution in [2.45, 2.75) is 26.1 Å². The molecule has 0 aromatic heterocycles. The number of aliphatic hydroxyl groups excluding tert-OH is 1. The van der Waals surface area contributed by atoms with E-state index in [0.29, 0.717) is 0 Å². The molecule has 0 radical (unpaired) electrons. The predicted octanol–water partition coefficient (Wildman–Crippen LogP) is 2.14. The van der Waals surface area contributed by atoms with Crippen LogP contribution in [0.3, 0.4) is 0 Å². The zero-order valence-electron chi connectivity index (χ0n) is 9.35. The lowest BCUT2D eigenvalue weighted by molar-refractivity contribution is -0.146. The lowest BCUT2D eigenvalue weighted by Gasteiger charge is -2.06. The lowest BCUT2D eigenvalue weighted by Crippen LogP contribution is -2.12. The summed E-state index contributed by atoms with van der Waals surface area (Å²) in [7, 11) is 0. The third kappa shape index (κ3) is 4.28. The molecule has 16 heavy (non-hydrogen) atoms. The number of carbonyl (C=O) groups is 1. The maximum absolute atomic E-state index is 11.2. The number of hydrogen-bond donors (Lipinski definition) is 1. The van der Waals surface area contributed by atoms with Crippen molar-refractivity contribution in [3.05, 3.63) is 42.0 Å². The van der Waals surface area contributed by atoms with Gasteiger partial charge in [0.1, 0.15) is 6.61 Å². The van der Waals surface area contributed by atoms with E-state index in [0.717, 1.165) is 11.1 Å². The molecular weight excluding hydrogens is 204 g/mol. The highest BCUT2D eigenvalue weighted by molar-refractivity contribution is 5.69. The molecule has 86 valence electrons. The van der Waals surface area contributed by atoms with Crippen molar-refractivity contribution >= 4 is 12.0 Å². The highest BCUT2D eigenvalue weighted by Gasteiger charge is 2.07. The summed E-state index contributed by atoms with van der Waals surface area (Å²) in [6.45, 7) is 5.45. The summed E-state index contributed by atoms with van der Waals surface area (Å²) in [5.74, 6) is -0.390. The smallest absolute Gasteiger partial charge is 0.308 e. The molecule has 3 heteroatoms. The zero-order valence-corrected chi connectivity index (χ0v) is 9.35. The van der Waals surface area contributed by atoms with Crippen molar-refractivity contribution in [1.82, 2.24) is 0 Å². The molecule has 0 saturated carbocycles. The molecule has 0 spiro atoms. The molecular formula is C13H16O3. The van der Waals surface area contributed by atoms with Gasteiger partial charge in [-0.15, -0.1) is 0 Å². The van der Waals surface area contributed by atoms with Gasteiger partial charge in [0.25, 0.3) is 0 Å². The minimum absolute atomic E-state index is 0.0289. The number of ether oxygens (including phenoxy) is 1. The third-order valence-corrected chi connectivity index (χ3v) is 2.05. The summed E-state index contributed by atoms with van der Waals surface area (Å²) in [5.41, 5.74) is 1.90. The van der Waals surface area contributed by atoms with E-state index in [1.165, 1.54) is 0 Å². The van der Waals surface area contributed by atoms with Crippen LogP contribution in [0, 0.1) is 0 Å². The number of esters is 1. The van der Waals surface area contributed by atoms with Crippen molar-refractivity contribution in [2.75, 3.05) is 0 Å². The Bertz CT molecular complexity index is 369. The van der Waals surface area contributed by atoms with Gasteiger partial charge in [-0.3, -0.25) is 4.79 Å². The number of benzene rings is 1. The van der Waals surface area contributed by atoms with Gasteiger partial charge < -0.3 is 9.84 Å². The summed E-state index contributed by atoms with van der Waals surface area (Å²) in [6, 6.07) is 7.59. The zero-order chi connectivity index (χ0) is 12.0. The Hall–Kier alpha value is -1.61. The fraction of sp³-hybridized carbons (Fsp3) is 0.308. The van der Waals surface area contributed by atoms with Gasteiger partial charge in [-0.1, -0.05) is 30.9 Å². The third-order valence-electron chi connectivity index (χ3n) is 2.05. The Morgan fingerprint density at radius 1 is 1.62 bits per heavy atom. The molecule has 1 N–H and O–H groups in total. The van der Waals surface area contributed by atoms with Gasteiger partial charge in [0.05, 0.1) is 12.5 Å². The average Bonchev–Trinajstić information content (AvgIpc) is 2.26. The standard InChI is InChI=1S/C13H16O3/c1-3-11-5-4-6-12(8-11)9-16-13(15)7-10(2)14/h3-6,8,10,14H,1,7,9H2,2H3. The summed E-state index contributed by atoms with van der Waals surface area (Å²) in [6.07, 6.45) is 1.11. The Balaban J connectivity index is 2.48. The minimum atomic E-state index is -0.660. The maximum atomic E-state index is 11.2. The fourth-order valence-electron chi connectivity index (χ4n) is 1.27. The van der Waals surface area contributed by atoms with Gasteiger partial charge >= 0.3 is 5.97 Å². The van der Waals surface area contributed by atoms with Crippen molar-refractivity contribution in [3.8, 4) is 0 Å². The lowest BCUT2D eigenvalue weighted by atomic mass is 10.1. The summed E-state index contributed by atoms with van der Waals surface area (Å²) >= 11 is 0.